The Morgan fingerprint density at radius 1 is 1.44 bits per heavy atom. The normalized spacial score (nSPS) is 25.3. The van der Waals surface area contributed by atoms with E-state index in [1.807, 2.05) is 19.2 Å². The SMILES string of the molecule is CNC(Cc1ccc(Cl)cc1Cl)C1COC(C)C1. The van der Waals surface area contributed by atoms with Crippen molar-refractivity contribution in [3.05, 3.63) is 33.8 Å². The van der Waals surface area contributed by atoms with Crippen LogP contribution in [0.25, 0.3) is 0 Å². The molecule has 2 rings (SSSR count). The maximum atomic E-state index is 6.22. The van der Waals surface area contributed by atoms with E-state index >= 15 is 0 Å². The third kappa shape index (κ3) is 3.39. The van der Waals surface area contributed by atoms with Crippen LogP contribution in [-0.2, 0) is 11.2 Å². The highest BCUT2D eigenvalue weighted by Gasteiger charge is 2.29. The maximum absolute atomic E-state index is 6.22. The lowest BCUT2D eigenvalue weighted by Crippen LogP contribution is -2.36. The summed E-state index contributed by atoms with van der Waals surface area (Å²) >= 11 is 12.1. The van der Waals surface area contributed by atoms with E-state index in [9.17, 15) is 0 Å². The molecule has 1 aliphatic rings. The molecule has 0 bridgehead atoms. The molecule has 100 valence electrons. The summed E-state index contributed by atoms with van der Waals surface area (Å²) in [6, 6.07) is 6.10. The highest BCUT2D eigenvalue weighted by atomic mass is 35.5. The molecule has 3 unspecified atom stereocenters. The van der Waals surface area contributed by atoms with Crippen LogP contribution in [0, 0.1) is 5.92 Å². The fourth-order valence-corrected chi connectivity index (χ4v) is 3.04. The molecule has 0 amide bonds. The summed E-state index contributed by atoms with van der Waals surface area (Å²) in [4.78, 5) is 0. The van der Waals surface area contributed by atoms with E-state index in [4.69, 9.17) is 27.9 Å². The number of nitrogens with one attached hydrogen (secondary N) is 1. The van der Waals surface area contributed by atoms with Gasteiger partial charge in [-0.25, -0.2) is 0 Å². The number of halogens is 2. The third-order valence-electron chi connectivity index (χ3n) is 3.62. The minimum atomic E-state index is 0.367. The summed E-state index contributed by atoms with van der Waals surface area (Å²) in [5.41, 5.74) is 1.14. The lowest BCUT2D eigenvalue weighted by atomic mass is 9.91. The zero-order chi connectivity index (χ0) is 13.1. The molecule has 0 saturated carbocycles. The molecule has 0 spiro atoms. The number of rotatable bonds is 4. The number of hydrogen-bond donors (Lipinski definition) is 1. The molecule has 18 heavy (non-hydrogen) atoms. The molecule has 1 N–H and O–H groups in total. The van der Waals surface area contributed by atoms with Crippen LogP contribution >= 0.6 is 23.2 Å². The van der Waals surface area contributed by atoms with Gasteiger partial charge >= 0.3 is 0 Å². The fraction of sp³-hybridized carbons (Fsp3) is 0.571. The Labute approximate surface area is 119 Å². The highest BCUT2D eigenvalue weighted by molar-refractivity contribution is 6.35. The smallest absolute Gasteiger partial charge is 0.0551 e. The first-order chi connectivity index (χ1) is 8.60. The van der Waals surface area contributed by atoms with E-state index in [2.05, 4.69) is 12.2 Å². The average molecular weight is 288 g/mol. The summed E-state index contributed by atoms with van der Waals surface area (Å²) in [5.74, 6) is 0.553. The van der Waals surface area contributed by atoms with Gasteiger partial charge in [-0.3, -0.25) is 0 Å². The molecule has 1 heterocycles. The molecule has 1 fully saturated rings. The summed E-state index contributed by atoms with van der Waals surface area (Å²) in [6.07, 6.45) is 2.38. The zero-order valence-corrected chi connectivity index (χ0v) is 12.3. The lowest BCUT2D eigenvalue weighted by Gasteiger charge is -2.22. The predicted octanol–water partition coefficient (Wildman–Crippen LogP) is 3.55. The highest BCUT2D eigenvalue weighted by Crippen LogP contribution is 2.27. The average Bonchev–Trinajstić information content (AvgIpc) is 2.75. The summed E-state index contributed by atoms with van der Waals surface area (Å²) in [7, 11) is 2.00. The molecular weight excluding hydrogens is 269 g/mol. The van der Waals surface area contributed by atoms with Crippen LogP contribution < -0.4 is 5.32 Å². The fourth-order valence-electron chi connectivity index (χ4n) is 2.56. The van der Waals surface area contributed by atoms with Crippen molar-refractivity contribution in [2.24, 2.45) is 5.92 Å². The van der Waals surface area contributed by atoms with Gasteiger partial charge in [0, 0.05) is 22.0 Å². The van der Waals surface area contributed by atoms with Crippen molar-refractivity contribution in [2.75, 3.05) is 13.7 Å². The van der Waals surface area contributed by atoms with Crippen molar-refractivity contribution in [3.63, 3.8) is 0 Å². The van der Waals surface area contributed by atoms with Gasteiger partial charge in [0.15, 0.2) is 0 Å². The van der Waals surface area contributed by atoms with Gasteiger partial charge in [0.25, 0.3) is 0 Å². The first-order valence-electron chi connectivity index (χ1n) is 6.33. The maximum Gasteiger partial charge on any atom is 0.0551 e. The van der Waals surface area contributed by atoms with E-state index in [-0.39, 0.29) is 0 Å². The van der Waals surface area contributed by atoms with Crippen molar-refractivity contribution in [2.45, 2.75) is 31.9 Å². The molecule has 4 heteroatoms. The molecule has 0 aromatic heterocycles. The van der Waals surface area contributed by atoms with Gasteiger partial charge < -0.3 is 10.1 Å². The van der Waals surface area contributed by atoms with Gasteiger partial charge in [-0.2, -0.15) is 0 Å². The molecule has 3 atom stereocenters. The van der Waals surface area contributed by atoms with E-state index < -0.39 is 0 Å². The Hall–Kier alpha value is -0.280. The van der Waals surface area contributed by atoms with Crippen molar-refractivity contribution in [1.29, 1.82) is 0 Å². The van der Waals surface area contributed by atoms with Gasteiger partial charge in [-0.15, -0.1) is 0 Å². The number of benzene rings is 1. The summed E-state index contributed by atoms with van der Waals surface area (Å²) in [6.45, 7) is 2.96. The molecule has 1 saturated heterocycles. The number of ether oxygens (including phenoxy) is 1. The predicted molar refractivity (Wildman–Crippen MR) is 76.5 cm³/mol. The molecular formula is C14H19Cl2NO. The van der Waals surface area contributed by atoms with Crippen LogP contribution in [0.1, 0.15) is 18.9 Å². The monoisotopic (exact) mass is 287 g/mol. The van der Waals surface area contributed by atoms with E-state index in [1.165, 1.54) is 0 Å². The van der Waals surface area contributed by atoms with Crippen molar-refractivity contribution >= 4 is 23.2 Å². The molecule has 1 aliphatic heterocycles. The van der Waals surface area contributed by atoms with Crippen LogP contribution in [-0.4, -0.2) is 25.8 Å². The second-order valence-electron chi connectivity index (χ2n) is 4.97. The van der Waals surface area contributed by atoms with Crippen LogP contribution in [0.3, 0.4) is 0 Å². The summed E-state index contributed by atoms with van der Waals surface area (Å²) < 4.78 is 5.64. The van der Waals surface area contributed by atoms with Crippen LogP contribution in [0.5, 0.6) is 0 Å². The molecule has 1 aromatic rings. The molecule has 0 aliphatic carbocycles. The Balaban J connectivity index is 2.05. The Morgan fingerprint density at radius 3 is 2.78 bits per heavy atom. The van der Waals surface area contributed by atoms with E-state index in [0.717, 1.165) is 30.0 Å². The molecule has 2 nitrogen and oxygen atoms in total. The Bertz CT molecular complexity index is 411. The minimum absolute atomic E-state index is 0.367. The quantitative estimate of drug-likeness (QED) is 0.915. The van der Waals surface area contributed by atoms with E-state index in [0.29, 0.717) is 23.1 Å². The van der Waals surface area contributed by atoms with Crippen LogP contribution in [0.4, 0.5) is 0 Å². The zero-order valence-electron chi connectivity index (χ0n) is 10.7. The van der Waals surface area contributed by atoms with Crippen molar-refractivity contribution in [3.8, 4) is 0 Å². The lowest BCUT2D eigenvalue weighted by molar-refractivity contribution is 0.117. The molecule has 0 radical (unpaired) electrons. The van der Waals surface area contributed by atoms with Crippen molar-refractivity contribution in [1.82, 2.24) is 5.32 Å². The third-order valence-corrected chi connectivity index (χ3v) is 4.21. The first kappa shape index (κ1) is 14.1. The second-order valence-corrected chi connectivity index (χ2v) is 5.82. The first-order valence-corrected chi connectivity index (χ1v) is 7.08. The van der Waals surface area contributed by atoms with Crippen molar-refractivity contribution < 1.29 is 4.74 Å². The topological polar surface area (TPSA) is 21.3 Å². The van der Waals surface area contributed by atoms with Gasteiger partial charge in [-0.1, -0.05) is 29.3 Å². The number of hydrogen-bond acceptors (Lipinski definition) is 2. The van der Waals surface area contributed by atoms with Crippen LogP contribution in [0.2, 0.25) is 10.0 Å². The Kier molecular flexibility index (Phi) is 4.91. The largest absolute Gasteiger partial charge is 0.378 e. The standard InChI is InChI=1S/C14H19Cl2NO/c1-9-5-11(8-18-9)14(17-2)6-10-3-4-12(15)7-13(10)16/h3-4,7,9,11,14,17H,5-6,8H2,1-2H3. The van der Waals surface area contributed by atoms with Gasteiger partial charge in [0.1, 0.15) is 0 Å². The minimum Gasteiger partial charge on any atom is -0.378 e. The Morgan fingerprint density at radius 2 is 2.22 bits per heavy atom. The van der Waals surface area contributed by atoms with Gasteiger partial charge in [0.05, 0.1) is 12.7 Å². The number of likely N-dealkylation sites (N-methyl/N-ethyl adjacent to an activating group) is 1. The van der Waals surface area contributed by atoms with Gasteiger partial charge in [0.2, 0.25) is 0 Å². The molecule has 1 aromatic carbocycles. The second kappa shape index (κ2) is 6.25. The van der Waals surface area contributed by atoms with Gasteiger partial charge in [-0.05, 0) is 44.5 Å². The van der Waals surface area contributed by atoms with Crippen LogP contribution in [0.15, 0.2) is 18.2 Å². The van der Waals surface area contributed by atoms with E-state index in [1.54, 1.807) is 6.07 Å². The summed E-state index contributed by atoms with van der Waals surface area (Å²) in [5, 5.41) is 4.81.